The molecule has 0 aromatic heterocycles. The summed E-state index contributed by atoms with van der Waals surface area (Å²) < 4.78 is 5.38. The predicted molar refractivity (Wildman–Crippen MR) is 94.4 cm³/mol. The fraction of sp³-hybridized carbons (Fsp3) is 0.316. The van der Waals surface area contributed by atoms with Gasteiger partial charge in [-0.2, -0.15) is 0 Å². The predicted octanol–water partition coefficient (Wildman–Crippen LogP) is 3.22. The van der Waals surface area contributed by atoms with Crippen LogP contribution in [0.4, 0.5) is 0 Å². The summed E-state index contributed by atoms with van der Waals surface area (Å²) in [4.78, 5) is 12.6. The highest BCUT2D eigenvalue weighted by Gasteiger charge is 2.43. The van der Waals surface area contributed by atoms with Gasteiger partial charge in [-0.3, -0.25) is 4.79 Å². The van der Waals surface area contributed by atoms with Gasteiger partial charge >= 0.3 is 5.97 Å². The molecule has 0 spiro atoms. The fourth-order valence-corrected chi connectivity index (χ4v) is 7.47. The Hall–Kier alpha value is -1.87. The van der Waals surface area contributed by atoms with E-state index >= 15 is 0 Å². The molecule has 2 nitrogen and oxygen atoms in total. The van der Waals surface area contributed by atoms with Gasteiger partial charge in [0.05, 0.1) is 12.1 Å². The van der Waals surface area contributed by atoms with Crippen molar-refractivity contribution in [3.63, 3.8) is 0 Å². The van der Waals surface area contributed by atoms with E-state index in [9.17, 15) is 4.79 Å². The SMILES string of the molecule is CCOC(=O)C(CC)[Si](C)(c1ccccc1)c1ccccc1. The van der Waals surface area contributed by atoms with Gasteiger partial charge in [-0.1, -0.05) is 84.5 Å². The molecule has 2 aromatic rings. The zero-order chi connectivity index (χ0) is 16.0. The van der Waals surface area contributed by atoms with Crippen molar-refractivity contribution in [1.82, 2.24) is 0 Å². The number of carbonyl (C=O) groups excluding carboxylic acids is 1. The van der Waals surface area contributed by atoms with Gasteiger partial charge in [0.1, 0.15) is 8.07 Å². The lowest BCUT2D eigenvalue weighted by molar-refractivity contribution is -0.143. The highest BCUT2D eigenvalue weighted by molar-refractivity contribution is 7.04. The Morgan fingerprint density at radius 2 is 1.41 bits per heavy atom. The van der Waals surface area contributed by atoms with Gasteiger partial charge in [-0.05, 0) is 13.3 Å². The topological polar surface area (TPSA) is 26.3 Å². The first-order valence-corrected chi connectivity index (χ1v) is 10.5. The molecular formula is C19H24O2Si. The molecule has 0 bridgehead atoms. The summed E-state index contributed by atoms with van der Waals surface area (Å²) >= 11 is 0. The van der Waals surface area contributed by atoms with Crippen LogP contribution >= 0.6 is 0 Å². The minimum Gasteiger partial charge on any atom is -0.466 e. The molecule has 2 rings (SSSR count). The van der Waals surface area contributed by atoms with Crippen molar-refractivity contribution in [3.8, 4) is 0 Å². The van der Waals surface area contributed by atoms with Crippen molar-refractivity contribution in [2.45, 2.75) is 32.4 Å². The summed E-state index contributed by atoms with van der Waals surface area (Å²) in [6.07, 6.45) is 0.797. The summed E-state index contributed by atoms with van der Waals surface area (Å²) in [6, 6.07) is 20.9. The molecule has 22 heavy (non-hydrogen) atoms. The minimum absolute atomic E-state index is 0.0631. The number of esters is 1. The third kappa shape index (κ3) is 3.14. The fourth-order valence-electron chi connectivity index (χ4n) is 3.19. The maximum Gasteiger partial charge on any atom is 0.306 e. The van der Waals surface area contributed by atoms with Crippen LogP contribution in [0.3, 0.4) is 0 Å². The molecule has 0 saturated heterocycles. The number of ether oxygens (including phenoxy) is 1. The van der Waals surface area contributed by atoms with Gasteiger partial charge in [0.2, 0.25) is 0 Å². The van der Waals surface area contributed by atoms with Gasteiger partial charge in [-0.25, -0.2) is 0 Å². The van der Waals surface area contributed by atoms with E-state index in [1.54, 1.807) is 0 Å². The lowest BCUT2D eigenvalue weighted by Crippen LogP contribution is -2.61. The van der Waals surface area contributed by atoms with E-state index in [2.05, 4.69) is 62.0 Å². The van der Waals surface area contributed by atoms with Crippen molar-refractivity contribution in [2.75, 3.05) is 6.61 Å². The zero-order valence-electron chi connectivity index (χ0n) is 13.6. The van der Waals surface area contributed by atoms with Gasteiger partial charge in [0.25, 0.3) is 0 Å². The van der Waals surface area contributed by atoms with Crippen molar-refractivity contribution >= 4 is 24.4 Å². The Balaban J connectivity index is 2.57. The summed E-state index contributed by atoms with van der Waals surface area (Å²) in [5.74, 6) is -0.0631. The first-order valence-electron chi connectivity index (χ1n) is 7.92. The molecule has 1 atom stereocenters. The molecule has 0 aliphatic rings. The summed E-state index contributed by atoms with van der Waals surface area (Å²) in [6.45, 7) is 6.67. The van der Waals surface area contributed by atoms with Crippen LogP contribution in [0, 0.1) is 0 Å². The Bertz CT molecular complexity index is 556. The van der Waals surface area contributed by atoms with Gasteiger partial charge in [-0.15, -0.1) is 0 Å². The average molecular weight is 312 g/mol. The maximum atomic E-state index is 12.6. The third-order valence-electron chi connectivity index (χ3n) is 4.42. The number of rotatable bonds is 6. The normalized spacial score (nSPS) is 12.7. The molecule has 0 aliphatic carbocycles. The molecule has 1 unspecified atom stereocenters. The second-order valence-electron chi connectivity index (χ2n) is 5.65. The lowest BCUT2D eigenvalue weighted by atomic mass is 10.3. The maximum absolute atomic E-state index is 12.6. The van der Waals surface area contributed by atoms with Crippen molar-refractivity contribution < 1.29 is 9.53 Å². The molecule has 0 heterocycles. The summed E-state index contributed by atoms with van der Waals surface area (Å²) in [7, 11) is -2.21. The molecular weight excluding hydrogens is 288 g/mol. The van der Waals surface area contributed by atoms with E-state index in [1.807, 2.05) is 19.1 Å². The smallest absolute Gasteiger partial charge is 0.306 e. The molecule has 0 fully saturated rings. The number of benzene rings is 2. The third-order valence-corrected chi connectivity index (χ3v) is 9.53. The van der Waals surface area contributed by atoms with Crippen LogP contribution in [-0.4, -0.2) is 20.7 Å². The zero-order valence-corrected chi connectivity index (χ0v) is 14.6. The second-order valence-corrected chi connectivity index (χ2v) is 9.90. The van der Waals surface area contributed by atoms with Crippen LogP contribution in [0.25, 0.3) is 0 Å². The van der Waals surface area contributed by atoms with Crippen molar-refractivity contribution in [3.05, 3.63) is 60.7 Å². The van der Waals surface area contributed by atoms with E-state index in [4.69, 9.17) is 4.74 Å². The van der Waals surface area contributed by atoms with E-state index < -0.39 is 8.07 Å². The van der Waals surface area contributed by atoms with Gasteiger partial charge in [0, 0.05) is 0 Å². The first-order chi connectivity index (χ1) is 10.6. The Morgan fingerprint density at radius 1 is 0.955 bits per heavy atom. The quantitative estimate of drug-likeness (QED) is 0.605. The standard InChI is InChI=1S/C19H24O2Si/c1-4-18(19(20)21-5-2)22(3,16-12-8-6-9-13-16)17-14-10-7-11-15-17/h6-15,18H,4-5H2,1-3H3. The molecule has 0 aliphatic heterocycles. The van der Waals surface area contributed by atoms with Crippen LogP contribution in [0.2, 0.25) is 12.1 Å². The highest BCUT2D eigenvalue weighted by Crippen LogP contribution is 2.27. The molecule has 0 saturated carbocycles. The van der Waals surface area contributed by atoms with Gasteiger partial charge in [0.15, 0.2) is 0 Å². The highest BCUT2D eigenvalue weighted by atomic mass is 28.3. The summed E-state index contributed by atoms with van der Waals surface area (Å²) in [5, 5.41) is 2.56. The average Bonchev–Trinajstić information content (AvgIpc) is 2.57. The Labute approximate surface area is 134 Å². The monoisotopic (exact) mass is 312 g/mol. The van der Waals surface area contributed by atoms with Crippen LogP contribution in [0.15, 0.2) is 60.7 Å². The number of hydrogen-bond acceptors (Lipinski definition) is 2. The lowest BCUT2D eigenvalue weighted by Gasteiger charge is -2.35. The van der Waals surface area contributed by atoms with Crippen LogP contribution in [0.5, 0.6) is 0 Å². The van der Waals surface area contributed by atoms with E-state index in [0.29, 0.717) is 6.61 Å². The van der Waals surface area contributed by atoms with E-state index in [0.717, 1.165) is 6.42 Å². The van der Waals surface area contributed by atoms with Crippen molar-refractivity contribution in [2.24, 2.45) is 0 Å². The Kier molecular flexibility index (Phi) is 5.55. The van der Waals surface area contributed by atoms with Crippen LogP contribution in [-0.2, 0) is 9.53 Å². The number of hydrogen-bond donors (Lipinski definition) is 0. The van der Waals surface area contributed by atoms with Crippen molar-refractivity contribution in [1.29, 1.82) is 0 Å². The Morgan fingerprint density at radius 3 is 1.77 bits per heavy atom. The molecule has 116 valence electrons. The number of carbonyl (C=O) groups is 1. The van der Waals surface area contributed by atoms with E-state index in [-0.39, 0.29) is 11.5 Å². The van der Waals surface area contributed by atoms with Crippen LogP contribution < -0.4 is 10.4 Å². The molecule has 0 amide bonds. The summed E-state index contributed by atoms with van der Waals surface area (Å²) in [5.41, 5.74) is -0.0720. The minimum atomic E-state index is -2.21. The molecule has 3 heteroatoms. The van der Waals surface area contributed by atoms with Gasteiger partial charge < -0.3 is 4.74 Å². The molecule has 0 N–H and O–H groups in total. The second kappa shape index (κ2) is 7.41. The molecule has 2 aromatic carbocycles. The van der Waals surface area contributed by atoms with E-state index in [1.165, 1.54) is 10.4 Å². The largest absolute Gasteiger partial charge is 0.466 e. The van der Waals surface area contributed by atoms with Crippen LogP contribution in [0.1, 0.15) is 20.3 Å². The molecule has 0 radical (unpaired) electrons. The first kappa shape index (κ1) is 16.5.